The van der Waals surface area contributed by atoms with Crippen molar-refractivity contribution in [3.8, 4) is 11.5 Å². The van der Waals surface area contributed by atoms with Crippen molar-refractivity contribution < 1.29 is 23.8 Å². The van der Waals surface area contributed by atoms with E-state index in [4.69, 9.17) is 21.1 Å². The number of ether oxygens (including phenoxy) is 3. The maximum atomic E-state index is 12.2. The zero-order valence-corrected chi connectivity index (χ0v) is 12.6. The third-order valence-electron chi connectivity index (χ3n) is 2.88. The second-order valence-electron chi connectivity index (χ2n) is 4.21. The molecule has 20 heavy (non-hydrogen) atoms. The lowest BCUT2D eigenvalue weighted by Crippen LogP contribution is -2.17. The van der Waals surface area contributed by atoms with Crippen LogP contribution >= 0.6 is 11.6 Å². The van der Waals surface area contributed by atoms with Crippen LogP contribution in [0, 0.1) is 5.92 Å². The van der Waals surface area contributed by atoms with E-state index < -0.39 is 11.9 Å². The highest BCUT2D eigenvalue weighted by molar-refractivity contribution is 6.35. The summed E-state index contributed by atoms with van der Waals surface area (Å²) in [5.74, 6) is -0.485. The highest BCUT2D eigenvalue weighted by atomic mass is 35.5. The first kappa shape index (κ1) is 16.3. The van der Waals surface area contributed by atoms with Crippen LogP contribution < -0.4 is 9.47 Å². The molecule has 1 aromatic rings. The van der Waals surface area contributed by atoms with Crippen LogP contribution in [0.15, 0.2) is 12.1 Å². The van der Waals surface area contributed by atoms with E-state index in [1.165, 1.54) is 21.3 Å². The number of rotatable bonds is 6. The molecular formula is C14H17ClO5. The van der Waals surface area contributed by atoms with Crippen molar-refractivity contribution in [2.24, 2.45) is 5.92 Å². The number of methoxy groups -OCH3 is 3. The Labute approximate surface area is 122 Å². The first-order chi connectivity index (χ1) is 9.46. The van der Waals surface area contributed by atoms with Crippen molar-refractivity contribution in [2.45, 2.75) is 13.3 Å². The van der Waals surface area contributed by atoms with Crippen molar-refractivity contribution in [1.82, 2.24) is 0 Å². The van der Waals surface area contributed by atoms with Crippen molar-refractivity contribution in [3.05, 3.63) is 22.7 Å². The molecule has 0 aliphatic heterocycles. The SMILES string of the molecule is COC(=O)C(C)CC(=O)c1ccc(OC)c(OC)c1Cl. The summed E-state index contributed by atoms with van der Waals surface area (Å²) in [6, 6.07) is 3.15. The molecule has 1 rings (SSSR count). The van der Waals surface area contributed by atoms with Gasteiger partial charge in [-0.25, -0.2) is 0 Å². The van der Waals surface area contributed by atoms with Crippen LogP contribution in [0.1, 0.15) is 23.7 Å². The fraction of sp³-hybridized carbons (Fsp3) is 0.429. The number of benzene rings is 1. The highest BCUT2D eigenvalue weighted by Crippen LogP contribution is 2.37. The standard InChI is InChI=1S/C14H17ClO5/c1-8(14(17)20-4)7-10(16)9-5-6-11(18-2)13(19-3)12(9)15/h5-6,8H,7H2,1-4H3. The van der Waals surface area contributed by atoms with Gasteiger partial charge < -0.3 is 14.2 Å². The first-order valence-corrected chi connectivity index (χ1v) is 6.35. The number of ketones is 1. The molecule has 1 aromatic carbocycles. The molecule has 0 radical (unpaired) electrons. The van der Waals surface area contributed by atoms with Gasteiger partial charge in [0.25, 0.3) is 0 Å². The molecule has 0 aliphatic carbocycles. The van der Waals surface area contributed by atoms with Gasteiger partial charge in [-0.1, -0.05) is 18.5 Å². The van der Waals surface area contributed by atoms with Gasteiger partial charge in [-0.15, -0.1) is 0 Å². The van der Waals surface area contributed by atoms with Gasteiger partial charge >= 0.3 is 5.97 Å². The molecule has 6 heteroatoms. The maximum Gasteiger partial charge on any atom is 0.308 e. The molecule has 0 saturated carbocycles. The summed E-state index contributed by atoms with van der Waals surface area (Å²) in [5, 5.41) is 0.175. The zero-order chi connectivity index (χ0) is 15.3. The summed E-state index contributed by atoms with van der Waals surface area (Å²) in [6.07, 6.45) is 0.0158. The number of Topliss-reactive ketones (excluding diaryl/α,β-unsaturated/α-hetero) is 1. The fourth-order valence-corrected chi connectivity index (χ4v) is 2.12. The molecule has 0 aromatic heterocycles. The molecule has 0 saturated heterocycles. The molecular weight excluding hydrogens is 284 g/mol. The smallest absolute Gasteiger partial charge is 0.308 e. The van der Waals surface area contributed by atoms with E-state index in [0.29, 0.717) is 17.1 Å². The third kappa shape index (κ3) is 3.42. The summed E-state index contributed by atoms with van der Waals surface area (Å²) in [4.78, 5) is 23.5. The number of carbonyl (C=O) groups is 2. The van der Waals surface area contributed by atoms with Crippen LogP contribution in [0.3, 0.4) is 0 Å². The quantitative estimate of drug-likeness (QED) is 0.597. The molecule has 1 atom stereocenters. The van der Waals surface area contributed by atoms with Gasteiger partial charge in [0.05, 0.1) is 32.3 Å². The first-order valence-electron chi connectivity index (χ1n) is 5.97. The van der Waals surface area contributed by atoms with Crippen LogP contribution in [0.2, 0.25) is 5.02 Å². The Hall–Kier alpha value is -1.75. The summed E-state index contributed by atoms with van der Waals surface area (Å²) in [5.41, 5.74) is 0.292. The Morgan fingerprint density at radius 3 is 2.35 bits per heavy atom. The monoisotopic (exact) mass is 300 g/mol. The van der Waals surface area contributed by atoms with Crippen LogP contribution in [0.5, 0.6) is 11.5 Å². The molecule has 110 valence electrons. The molecule has 5 nitrogen and oxygen atoms in total. The van der Waals surface area contributed by atoms with Crippen LogP contribution in [-0.4, -0.2) is 33.1 Å². The Kier molecular flexibility index (Phi) is 5.82. The molecule has 0 amide bonds. The number of hydrogen-bond acceptors (Lipinski definition) is 5. The minimum absolute atomic E-state index is 0.0158. The number of esters is 1. The molecule has 0 fully saturated rings. The normalized spacial score (nSPS) is 11.7. The van der Waals surface area contributed by atoms with Gasteiger partial charge in [0, 0.05) is 12.0 Å². The maximum absolute atomic E-state index is 12.2. The summed E-state index contributed by atoms with van der Waals surface area (Å²) >= 11 is 6.14. The van der Waals surface area contributed by atoms with Gasteiger partial charge in [0.1, 0.15) is 0 Å². The Bertz CT molecular complexity index is 513. The van der Waals surface area contributed by atoms with E-state index in [1.807, 2.05) is 0 Å². The highest BCUT2D eigenvalue weighted by Gasteiger charge is 2.22. The minimum atomic E-state index is -0.531. The van der Waals surface area contributed by atoms with E-state index >= 15 is 0 Å². The van der Waals surface area contributed by atoms with Gasteiger partial charge in [-0.05, 0) is 12.1 Å². The van der Waals surface area contributed by atoms with Crippen LogP contribution in [-0.2, 0) is 9.53 Å². The zero-order valence-electron chi connectivity index (χ0n) is 11.9. The van der Waals surface area contributed by atoms with Gasteiger partial charge in [-0.2, -0.15) is 0 Å². The lowest BCUT2D eigenvalue weighted by molar-refractivity contribution is -0.144. The van der Waals surface area contributed by atoms with E-state index in [1.54, 1.807) is 19.1 Å². The summed E-state index contributed by atoms with van der Waals surface area (Å²) in [7, 11) is 4.21. The second-order valence-corrected chi connectivity index (χ2v) is 4.59. The number of carbonyl (C=O) groups excluding carboxylic acids is 2. The third-order valence-corrected chi connectivity index (χ3v) is 3.26. The van der Waals surface area contributed by atoms with Crippen LogP contribution in [0.4, 0.5) is 0 Å². The Morgan fingerprint density at radius 1 is 1.20 bits per heavy atom. The summed E-state index contributed by atoms with van der Waals surface area (Å²) in [6.45, 7) is 1.62. The van der Waals surface area contributed by atoms with Crippen LogP contribution in [0.25, 0.3) is 0 Å². The van der Waals surface area contributed by atoms with Crippen molar-refractivity contribution in [3.63, 3.8) is 0 Å². The second kappa shape index (κ2) is 7.14. The van der Waals surface area contributed by atoms with Gasteiger partial charge in [0.15, 0.2) is 17.3 Å². The van der Waals surface area contributed by atoms with E-state index in [9.17, 15) is 9.59 Å². The van der Waals surface area contributed by atoms with Crippen molar-refractivity contribution in [2.75, 3.05) is 21.3 Å². The average molecular weight is 301 g/mol. The number of hydrogen-bond donors (Lipinski definition) is 0. The minimum Gasteiger partial charge on any atom is -0.493 e. The van der Waals surface area contributed by atoms with Crippen molar-refractivity contribution >= 4 is 23.4 Å². The Balaban J connectivity index is 3.02. The average Bonchev–Trinajstić information content (AvgIpc) is 2.45. The summed E-state index contributed by atoms with van der Waals surface area (Å²) < 4.78 is 14.8. The number of halogens is 1. The molecule has 0 N–H and O–H groups in total. The van der Waals surface area contributed by atoms with E-state index in [2.05, 4.69) is 4.74 Å². The molecule has 0 spiro atoms. The van der Waals surface area contributed by atoms with Gasteiger partial charge in [-0.3, -0.25) is 9.59 Å². The predicted octanol–water partition coefficient (Wildman–Crippen LogP) is 2.74. The lowest BCUT2D eigenvalue weighted by atomic mass is 9.99. The largest absolute Gasteiger partial charge is 0.493 e. The molecule has 1 unspecified atom stereocenters. The Morgan fingerprint density at radius 2 is 1.85 bits per heavy atom. The van der Waals surface area contributed by atoms with Crippen molar-refractivity contribution in [1.29, 1.82) is 0 Å². The van der Waals surface area contributed by atoms with E-state index in [0.717, 1.165) is 0 Å². The van der Waals surface area contributed by atoms with E-state index in [-0.39, 0.29) is 17.2 Å². The molecule has 0 bridgehead atoms. The molecule has 0 aliphatic rings. The lowest BCUT2D eigenvalue weighted by Gasteiger charge is -2.13. The fourth-order valence-electron chi connectivity index (χ4n) is 1.78. The topological polar surface area (TPSA) is 61.8 Å². The predicted molar refractivity (Wildman–Crippen MR) is 74.7 cm³/mol. The molecule has 0 heterocycles. The van der Waals surface area contributed by atoms with Gasteiger partial charge in [0.2, 0.25) is 0 Å².